The molecule has 3 rings (SSSR count). The van der Waals surface area contributed by atoms with Gasteiger partial charge in [0.05, 0.1) is 13.1 Å². The number of carbonyl (C=O) groups is 4. The van der Waals surface area contributed by atoms with Gasteiger partial charge in [-0.3, -0.25) is 19.2 Å². The minimum Gasteiger partial charge on any atom is -0.381 e. The fraction of sp³-hybridized carbons (Fsp3) is 0.778. The van der Waals surface area contributed by atoms with Crippen molar-refractivity contribution in [3.63, 3.8) is 0 Å². The van der Waals surface area contributed by atoms with E-state index in [4.69, 9.17) is 4.74 Å². The van der Waals surface area contributed by atoms with Gasteiger partial charge in [0.2, 0.25) is 23.6 Å². The van der Waals surface area contributed by atoms with E-state index in [1.807, 2.05) is 0 Å². The maximum absolute atomic E-state index is 13.2. The van der Waals surface area contributed by atoms with Crippen LogP contribution in [-0.4, -0.2) is 74.0 Å². The van der Waals surface area contributed by atoms with Gasteiger partial charge in [-0.05, 0) is 31.6 Å². The van der Waals surface area contributed by atoms with Gasteiger partial charge in [0.1, 0.15) is 0 Å². The largest absolute Gasteiger partial charge is 0.381 e. The van der Waals surface area contributed by atoms with E-state index in [0.29, 0.717) is 26.3 Å². The third-order valence-corrected chi connectivity index (χ3v) is 5.55. The maximum Gasteiger partial charge on any atom is 0.239 e. The van der Waals surface area contributed by atoms with Gasteiger partial charge in [-0.2, -0.15) is 0 Å². The fourth-order valence-corrected chi connectivity index (χ4v) is 4.07. The zero-order valence-corrected chi connectivity index (χ0v) is 15.5. The number of nitrogens with one attached hydrogen (secondary N) is 3. The third kappa shape index (κ3) is 5.41. The summed E-state index contributed by atoms with van der Waals surface area (Å²) in [6.45, 7) is 1.94. The van der Waals surface area contributed by atoms with Crippen molar-refractivity contribution in [2.45, 2.75) is 38.1 Å². The molecule has 9 nitrogen and oxygen atoms in total. The molecule has 0 aliphatic carbocycles. The lowest BCUT2D eigenvalue weighted by Gasteiger charge is -2.38. The van der Waals surface area contributed by atoms with Crippen LogP contribution in [0.25, 0.3) is 0 Å². The molecule has 2 unspecified atom stereocenters. The van der Waals surface area contributed by atoms with Crippen molar-refractivity contribution in [1.29, 1.82) is 0 Å². The Balaban J connectivity index is 1.77. The van der Waals surface area contributed by atoms with Gasteiger partial charge < -0.3 is 25.6 Å². The number of ether oxygens (including phenoxy) is 1. The van der Waals surface area contributed by atoms with E-state index in [0.717, 1.165) is 25.7 Å². The molecule has 3 heterocycles. The predicted molar refractivity (Wildman–Crippen MR) is 95.4 cm³/mol. The van der Waals surface area contributed by atoms with E-state index in [1.165, 1.54) is 0 Å². The summed E-state index contributed by atoms with van der Waals surface area (Å²) in [4.78, 5) is 51.2. The second-order valence-electron chi connectivity index (χ2n) is 7.50. The highest BCUT2D eigenvalue weighted by atomic mass is 16.5. The average molecular weight is 380 g/mol. The Bertz CT molecular complexity index is 590. The first kappa shape index (κ1) is 19.6. The molecule has 27 heavy (non-hydrogen) atoms. The summed E-state index contributed by atoms with van der Waals surface area (Å²) in [5, 5.41) is 7.95. The van der Waals surface area contributed by atoms with Crippen LogP contribution in [0.1, 0.15) is 32.1 Å². The van der Waals surface area contributed by atoms with Crippen molar-refractivity contribution in [3.8, 4) is 0 Å². The predicted octanol–water partition coefficient (Wildman–Crippen LogP) is -1.23. The third-order valence-electron chi connectivity index (χ3n) is 5.55. The van der Waals surface area contributed by atoms with Gasteiger partial charge >= 0.3 is 0 Å². The van der Waals surface area contributed by atoms with Crippen molar-refractivity contribution in [2.24, 2.45) is 11.8 Å². The number of rotatable bonds is 1. The van der Waals surface area contributed by atoms with Gasteiger partial charge in [-0.15, -0.1) is 0 Å². The fourth-order valence-electron chi connectivity index (χ4n) is 4.07. The molecule has 3 N–H and O–H groups in total. The smallest absolute Gasteiger partial charge is 0.239 e. The highest BCUT2D eigenvalue weighted by molar-refractivity contribution is 5.90. The highest BCUT2D eigenvalue weighted by Gasteiger charge is 2.36. The molecule has 3 aliphatic rings. The van der Waals surface area contributed by atoms with E-state index >= 15 is 0 Å². The molecule has 4 amide bonds. The lowest BCUT2D eigenvalue weighted by molar-refractivity contribution is -0.143. The summed E-state index contributed by atoms with van der Waals surface area (Å²) in [5.41, 5.74) is 0. The molecule has 3 fully saturated rings. The minimum atomic E-state index is -0.422. The molecule has 0 saturated carbocycles. The monoisotopic (exact) mass is 380 g/mol. The SMILES string of the molecule is O=C1CNC(=O)CC(C2CCOCC2)C(=O)N2CCCC(C2)NC(=O)CN1. The van der Waals surface area contributed by atoms with Crippen LogP contribution < -0.4 is 16.0 Å². The summed E-state index contributed by atoms with van der Waals surface area (Å²) in [7, 11) is 0. The first-order valence-corrected chi connectivity index (χ1v) is 9.72. The lowest BCUT2D eigenvalue weighted by Crippen LogP contribution is -2.54. The van der Waals surface area contributed by atoms with Gasteiger partial charge in [0.25, 0.3) is 0 Å². The van der Waals surface area contributed by atoms with Gasteiger partial charge in [0.15, 0.2) is 0 Å². The van der Waals surface area contributed by atoms with Crippen molar-refractivity contribution in [3.05, 3.63) is 0 Å². The number of hydrogen-bond donors (Lipinski definition) is 3. The van der Waals surface area contributed by atoms with Crippen molar-refractivity contribution in [2.75, 3.05) is 39.4 Å². The molecule has 0 aromatic heterocycles. The Hall–Kier alpha value is -2.16. The summed E-state index contributed by atoms with van der Waals surface area (Å²) in [6, 6.07) is -0.126. The molecule has 0 spiro atoms. The molecule has 150 valence electrons. The second kappa shape index (κ2) is 9.16. The Morgan fingerprint density at radius 2 is 1.59 bits per heavy atom. The topological polar surface area (TPSA) is 117 Å². The maximum atomic E-state index is 13.2. The van der Waals surface area contributed by atoms with Crippen LogP contribution in [-0.2, 0) is 23.9 Å². The number of piperidine rings is 1. The first-order chi connectivity index (χ1) is 13.0. The van der Waals surface area contributed by atoms with Crippen LogP contribution in [0, 0.1) is 11.8 Å². The van der Waals surface area contributed by atoms with Crippen molar-refractivity contribution < 1.29 is 23.9 Å². The first-order valence-electron chi connectivity index (χ1n) is 9.72. The highest BCUT2D eigenvalue weighted by Crippen LogP contribution is 2.29. The number of hydrogen-bond acceptors (Lipinski definition) is 5. The molecule has 0 aromatic carbocycles. The lowest BCUT2D eigenvalue weighted by atomic mass is 9.82. The molecule has 0 aromatic rings. The molecule has 2 atom stereocenters. The normalized spacial score (nSPS) is 29.4. The van der Waals surface area contributed by atoms with E-state index in [-0.39, 0.29) is 49.2 Å². The molecular weight excluding hydrogens is 352 g/mol. The molecule has 3 aliphatic heterocycles. The van der Waals surface area contributed by atoms with Crippen LogP contribution in [0.4, 0.5) is 0 Å². The van der Waals surface area contributed by atoms with E-state index in [1.54, 1.807) is 4.90 Å². The number of amides is 4. The standard InChI is InChI=1S/C18H28N4O5/c23-15-8-14(12-3-6-27-7-4-12)18(26)22-5-1-2-13(11-22)21-17(25)10-20-16(24)9-19-15/h12-14H,1-11H2,(H,19,23)(H,20,24)(H,21,25). The van der Waals surface area contributed by atoms with Crippen molar-refractivity contribution in [1.82, 2.24) is 20.9 Å². The zero-order valence-electron chi connectivity index (χ0n) is 15.5. The quantitative estimate of drug-likeness (QED) is 0.527. The van der Waals surface area contributed by atoms with Gasteiger partial charge in [0, 0.05) is 44.7 Å². The Labute approximate surface area is 158 Å². The van der Waals surface area contributed by atoms with Gasteiger partial charge in [-0.1, -0.05) is 0 Å². The van der Waals surface area contributed by atoms with Crippen LogP contribution in [0.15, 0.2) is 0 Å². The van der Waals surface area contributed by atoms with E-state index in [2.05, 4.69) is 16.0 Å². The van der Waals surface area contributed by atoms with E-state index < -0.39 is 11.8 Å². The summed E-state index contributed by atoms with van der Waals surface area (Å²) < 4.78 is 5.40. The van der Waals surface area contributed by atoms with Crippen LogP contribution in [0.5, 0.6) is 0 Å². The number of carbonyl (C=O) groups excluding carboxylic acids is 4. The minimum absolute atomic E-state index is 0.0301. The van der Waals surface area contributed by atoms with E-state index in [9.17, 15) is 19.2 Å². The Morgan fingerprint density at radius 1 is 0.889 bits per heavy atom. The molecule has 3 saturated heterocycles. The zero-order chi connectivity index (χ0) is 19.2. The second-order valence-corrected chi connectivity index (χ2v) is 7.50. The summed E-state index contributed by atoms with van der Waals surface area (Å²) >= 11 is 0. The molecule has 0 radical (unpaired) electrons. The van der Waals surface area contributed by atoms with Crippen LogP contribution in [0.2, 0.25) is 0 Å². The Kier molecular flexibility index (Phi) is 6.65. The average Bonchev–Trinajstić information content (AvgIpc) is 2.68. The Morgan fingerprint density at radius 3 is 2.37 bits per heavy atom. The number of nitrogens with zero attached hydrogens (tertiary/aromatic N) is 1. The van der Waals surface area contributed by atoms with Gasteiger partial charge in [-0.25, -0.2) is 0 Å². The molecule has 2 bridgehead atoms. The van der Waals surface area contributed by atoms with Crippen LogP contribution in [0.3, 0.4) is 0 Å². The molecular formula is C18H28N4O5. The number of fused-ring (bicyclic) bond motifs is 2. The molecule has 9 heteroatoms. The summed E-state index contributed by atoms with van der Waals surface area (Å²) in [6.07, 6.45) is 3.17. The summed E-state index contributed by atoms with van der Waals surface area (Å²) in [5.74, 6) is -1.38. The van der Waals surface area contributed by atoms with Crippen molar-refractivity contribution >= 4 is 23.6 Å². The van der Waals surface area contributed by atoms with Crippen LogP contribution >= 0.6 is 0 Å².